The number of amides is 1. The maximum atomic E-state index is 12.2. The molecule has 1 N–H and O–H groups in total. The molecule has 2 atom stereocenters. The number of aliphatic hydroxyl groups excluding tert-OH is 1. The molecule has 1 saturated heterocycles. The summed E-state index contributed by atoms with van der Waals surface area (Å²) in [4.78, 5) is 11.2. The smallest absolute Gasteiger partial charge is 0.383 e. The standard InChI is InChI=1S/C9H11F6NO2/c10-8(11,12)6(17)5-2-1-3-16(4-5)7(18)9(13,14)15/h5-6,17H,1-4H2/t5-,6-/m1/s1. The Labute approximate surface area is 98.4 Å². The molecule has 0 radical (unpaired) electrons. The minimum Gasteiger partial charge on any atom is -0.383 e. The van der Waals surface area contributed by atoms with E-state index in [0.29, 0.717) is 4.90 Å². The highest BCUT2D eigenvalue weighted by Gasteiger charge is 2.48. The van der Waals surface area contributed by atoms with Crippen LogP contribution in [0.25, 0.3) is 0 Å². The van der Waals surface area contributed by atoms with E-state index in [4.69, 9.17) is 5.11 Å². The fourth-order valence-corrected chi connectivity index (χ4v) is 1.90. The lowest BCUT2D eigenvalue weighted by molar-refractivity contribution is -0.226. The van der Waals surface area contributed by atoms with Gasteiger partial charge in [-0.05, 0) is 12.8 Å². The number of carbonyl (C=O) groups is 1. The van der Waals surface area contributed by atoms with Crippen LogP contribution in [0.1, 0.15) is 12.8 Å². The van der Waals surface area contributed by atoms with Crippen molar-refractivity contribution in [3.63, 3.8) is 0 Å². The zero-order valence-corrected chi connectivity index (χ0v) is 9.05. The van der Waals surface area contributed by atoms with E-state index in [0.717, 1.165) is 0 Å². The minimum atomic E-state index is -5.11. The SMILES string of the molecule is O=C(N1CCC[C@@H]([C@@H](O)C(F)(F)F)C1)C(F)(F)F. The number of alkyl halides is 6. The Morgan fingerprint density at radius 3 is 2.22 bits per heavy atom. The first kappa shape index (κ1) is 15.1. The van der Waals surface area contributed by atoms with E-state index >= 15 is 0 Å². The summed E-state index contributed by atoms with van der Waals surface area (Å²) in [5.41, 5.74) is 0. The quantitative estimate of drug-likeness (QED) is 0.742. The van der Waals surface area contributed by atoms with Gasteiger partial charge < -0.3 is 10.0 Å². The van der Waals surface area contributed by atoms with Crippen LogP contribution in [0.4, 0.5) is 26.3 Å². The highest BCUT2D eigenvalue weighted by Crippen LogP contribution is 2.32. The number of rotatable bonds is 1. The molecule has 1 aliphatic heterocycles. The molecule has 9 heteroatoms. The molecule has 1 heterocycles. The molecule has 0 saturated carbocycles. The maximum absolute atomic E-state index is 12.2. The van der Waals surface area contributed by atoms with Gasteiger partial charge in [0.2, 0.25) is 0 Å². The number of hydrogen-bond acceptors (Lipinski definition) is 2. The lowest BCUT2D eigenvalue weighted by atomic mass is 9.92. The van der Waals surface area contributed by atoms with E-state index in [1.807, 2.05) is 0 Å². The number of hydrogen-bond donors (Lipinski definition) is 1. The predicted octanol–water partition coefficient (Wildman–Crippen LogP) is 1.71. The van der Waals surface area contributed by atoms with Crippen molar-refractivity contribution >= 4 is 5.91 Å². The topological polar surface area (TPSA) is 40.5 Å². The normalized spacial score (nSPS) is 23.9. The average Bonchev–Trinajstić information content (AvgIpc) is 2.24. The van der Waals surface area contributed by atoms with Gasteiger partial charge in [0.1, 0.15) is 0 Å². The second-order valence-electron chi connectivity index (χ2n) is 4.14. The fraction of sp³-hybridized carbons (Fsp3) is 0.889. The molecule has 0 bridgehead atoms. The molecule has 0 aromatic carbocycles. The summed E-state index contributed by atoms with van der Waals surface area (Å²) < 4.78 is 73.0. The first-order valence-corrected chi connectivity index (χ1v) is 5.14. The number of nitrogens with zero attached hydrogens (tertiary/aromatic N) is 1. The Hall–Kier alpha value is -0.990. The molecule has 18 heavy (non-hydrogen) atoms. The summed E-state index contributed by atoms with van der Waals surface area (Å²) in [7, 11) is 0. The second-order valence-corrected chi connectivity index (χ2v) is 4.14. The van der Waals surface area contributed by atoms with E-state index < -0.39 is 36.8 Å². The van der Waals surface area contributed by atoms with Crippen molar-refractivity contribution in [1.82, 2.24) is 4.90 Å². The number of piperidine rings is 1. The van der Waals surface area contributed by atoms with Gasteiger partial charge in [0.15, 0.2) is 6.10 Å². The molecular weight excluding hydrogens is 268 g/mol. The van der Waals surface area contributed by atoms with Gasteiger partial charge in [-0.25, -0.2) is 0 Å². The van der Waals surface area contributed by atoms with Gasteiger partial charge in [-0.1, -0.05) is 0 Å². The maximum Gasteiger partial charge on any atom is 0.471 e. The summed E-state index contributed by atoms with van der Waals surface area (Å²) in [6.07, 6.45) is -12.8. The lowest BCUT2D eigenvalue weighted by Crippen LogP contribution is -2.50. The molecule has 1 fully saturated rings. The Morgan fingerprint density at radius 2 is 1.78 bits per heavy atom. The summed E-state index contributed by atoms with van der Waals surface area (Å²) in [5.74, 6) is -3.58. The van der Waals surface area contributed by atoms with Crippen LogP contribution in [0.5, 0.6) is 0 Å². The third-order valence-corrected chi connectivity index (χ3v) is 2.77. The number of halogens is 6. The van der Waals surface area contributed by atoms with Crippen molar-refractivity contribution in [3.8, 4) is 0 Å². The van der Waals surface area contributed by atoms with E-state index in [-0.39, 0.29) is 19.4 Å². The van der Waals surface area contributed by atoms with Gasteiger partial charge in [0, 0.05) is 19.0 Å². The highest BCUT2D eigenvalue weighted by molar-refractivity contribution is 5.81. The van der Waals surface area contributed by atoms with Crippen molar-refractivity contribution in [2.75, 3.05) is 13.1 Å². The van der Waals surface area contributed by atoms with Gasteiger partial charge in [-0.2, -0.15) is 26.3 Å². The van der Waals surface area contributed by atoms with Crippen LogP contribution >= 0.6 is 0 Å². The lowest BCUT2D eigenvalue weighted by Gasteiger charge is -2.35. The zero-order valence-electron chi connectivity index (χ0n) is 9.05. The van der Waals surface area contributed by atoms with E-state index in [1.54, 1.807) is 0 Å². The number of carbonyl (C=O) groups excluding carboxylic acids is 1. The average molecular weight is 279 g/mol. The molecule has 0 aromatic heterocycles. The van der Waals surface area contributed by atoms with Crippen LogP contribution < -0.4 is 0 Å². The fourth-order valence-electron chi connectivity index (χ4n) is 1.90. The molecule has 1 amide bonds. The molecule has 1 aliphatic rings. The van der Waals surface area contributed by atoms with Crippen molar-refractivity contribution in [2.45, 2.75) is 31.3 Å². The van der Waals surface area contributed by atoms with Gasteiger partial charge in [0.05, 0.1) is 0 Å². The minimum absolute atomic E-state index is 0.000370. The molecule has 0 aliphatic carbocycles. The molecule has 0 spiro atoms. The van der Waals surface area contributed by atoms with E-state index in [9.17, 15) is 31.1 Å². The van der Waals surface area contributed by atoms with Crippen molar-refractivity contribution < 1.29 is 36.2 Å². The van der Waals surface area contributed by atoms with Crippen LogP contribution in [0.2, 0.25) is 0 Å². The van der Waals surface area contributed by atoms with Gasteiger partial charge in [0.25, 0.3) is 0 Å². The number of likely N-dealkylation sites (tertiary alicyclic amines) is 1. The van der Waals surface area contributed by atoms with E-state index in [1.165, 1.54) is 0 Å². The van der Waals surface area contributed by atoms with Gasteiger partial charge in [-0.15, -0.1) is 0 Å². The Morgan fingerprint density at radius 1 is 1.22 bits per heavy atom. The first-order chi connectivity index (χ1) is 8.03. The Balaban J connectivity index is 2.70. The van der Waals surface area contributed by atoms with Crippen molar-refractivity contribution in [1.29, 1.82) is 0 Å². The van der Waals surface area contributed by atoms with Crippen molar-refractivity contribution in [2.24, 2.45) is 5.92 Å². The van der Waals surface area contributed by atoms with Gasteiger partial charge in [-0.3, -0.25) is 4.79 Å². The first-order valence-electron chi connectivity index (χ1n) is 5.14. The van der Waals surface area contributed by atoms with Crippen molar-refractivity contribution in [3.05, 3.63) is 0 Å². The largest absolute Gasteiger partial charge is 0.471 e. The molecule has 3 nitrogen and oxygen atoms in total. The molecule has 0 aromatic rings. The number of aliphatic hydroxyl groups is 1. The molecular formula is C9H11F6NO2. The van der Waals surface area contributed by atoms with Crippen LogP contribution in [0.15, 0.2) is 0 Å². The molecule has 1 rings (SSSR count). The van der Waals surface area contributed by atoms with Crippen LogP contribution in [0.3, 0.4) is 0 Å². The Bertz CT molecular complexity index is 313. The van der Waals surface area contributed by atoms with Crippen LogP contribution in [-0.4, -0.2) is 47.5 Å². The summed E-state index contributed by atoms with van der Waals surface area (Å²) in [5, 5.41) is 8.97. The third-order valence-electron chi connectivity index (χ3n) is 2.77. The zero-order chi connectivity index (χ0) is 14.1. The Kier molecular flexibility index (Phi) is 4.14. The molecule has 0 unspecified atom stereocenters. The van der Waals surface area contributed by atoms with Crippen LogP contribution in [-0.2, 0) is 4.79 Å². The second kappa shape index (κ2) is 4.94. The molecule has 106 valence electrons. The monoisotopic (exact) mass is 279 g/mol. The van der Waals surface area contributed by atoms with E-state index in [2.05, 4.69) is 0 Å². The van der Waals surface area contributed by atoms with Gasteiger partial charge >= 0.3 is 18.3 Å². The highest BCUT2D eigenvalue weighted by atomic mass is 19.4. The predicted molar refractivity (Wildman–Crippen MR) is 47.4 cm³/mol. The summed E-state index contributed by atoms with van der Waals surface area (Å²) in [6, 6.07) is 0. The third kappa shape index (κ3) is 3.50. The summed E-state index contributed by atoms with van der Waals surface area (Å²) in [6.45, 7) is -0.988. The van der Waals surface area contributed by atoms with Crippen LogP contribution in [0, 0.1) is 5.92 Å². The summed E-state index contributed by atoms with van der Waals surface area (Å²) >= 11 is 0.